The van der Waals surface area contributed by atoms with E-state index in [1.165, 1.54) is 0 Å². The molecule has 4 N–H and O–H groups in total. The Hall–Kier alpha value is -3.12. The number of aromatic nitrogens is 4. The van der Waals surface area contributed by atoms with Gasteiger partial charge in [0.2, 0.25) is 5.28 Å². The number of H-pyrrole nitrogens is 1. The SMILES string of the molecule is Clc1nc(Nc2ccccc2)c2[nH]cnc2n1.Nc1ccccc1. The first-order chi connectivity index (χ1) is 11.7. The molecule has 7 heteroatoms. The van der Waals surface area contributed by atoms with E-state index in [4.69, 9.17) is 17.3 Å². The van der Waals surface area contributed by atoms with E-state index in [0.29, 0.717) is 11.5 Å². The summed E-state index contributed by atoms with van der Waals surface area (Å²) in [6, 6.07) is 19.2. The van der Waals surface area contributed by atoms with Crippen molar-refractivity contribution >= 4 is 40.0 Å². The molecular formula is C17H15ClN6. The van der Waals surface area contributed by atoms with Gasteiger partial charge in [0.25, 0.3) is 0 Å². The molecule has 0 aliphatic carbocycles. The van der Waals surface area contributed by atoms with Gasteiger partial charge in [-0.25, -0.2) is 4.98 Å². The average molecular weight is 339 g/mol. The van der Waals surface area contributed by atoms with Crippen LogP contribution in [0.15, 0.2) is 67.0 Å². The van der Waals surface area contributed by atoms with Crippen LogP contribution in [0.2, 0.25) is 5.28 Å². The second kappa shape index (κ2) is 7.43. The summed E-state index contributed by atoms with van der Waals surface area (Å²) in [4.78, 5) is 15.2. The van der Waals surface area contributed by atoms with Crippen molar-refractivity contribution in [2.75, 3.05) is 11.1 Å². The van der Waals surface area contributed by atoms with Gasteiger partial charge >= 0.3 is 0 Å². The van der Waals surface area contributed by atoms with Gasteiger partial charge in [0.15, 0.2) is 11.5 Å². The third-order valence-electron chi connectivity index (χ3n) is 3.09. The summed E-state index contributed by atoms with van der Waals surface area (Å²) in [5.41, 5.74) is 8.39. The summed E-state index contributed by atoms with van der Waals surface area (Å²) in [5, 5.41) is 3.34. The van der Waals surface area contributed by atoms with Crippen molar-refractivity contribution in [2.45, 2.75) is 0 Å². The molecule has 2 aromatic heterocycles. The van der Waals surface area contributed by atoms with Crippen molar-refractivity contribution in [2.24, 2.45) is 0 Å². The van der Waals surface area contributed by atoms with Crippen LogP contribution < -0.4 is 11.1 Å². The zero-order valence-corrected chi connectivity index (χ0v) is 13.4. The minimum absolute atomic E-state index is 0.169. The average Bonchev–Trinajstić information content (AvgIpc) is 3.05. The molecule has 0 saturated heterocycles. The lowest BCUT2D eigenvalue weighted by Gasteiger charge is -2.05. The van der Waals surface area contributed by atoms with Gasteiger partial charge in [0.1, 0.15) is 5.52 Å². The fourth-order valence-electron chi connectivity index (χ4n) is 2.01. The molecule has 2 heterocycles. The summed E-state index contributed by atoms with van der Waals surface area (Å²) in [6.45, 7) is 0. The van der Waals surface area contributed by atoms with Crippen LogP contribution in [-0.4, -0.2) is 19.9 Å². The van der Waals surface area contributed by atoms with Gasteiger partial charge in [0.05, 0.1) is 6.33 Å². The Morgan fingerprint density at radius 3 is 2.21 bits per heavy atom. The second-order valence-electron chi connectivity index (χ2n) is 4.84. The third-order valence-corrected chi connectivity index (χ3v) is 3.26. The third kappa shape index (κ3) is 3.99. The predicted molar refractivity (Wildman–Crippen MR) is 97.3 cm³/mol. The summed E-state index contributed by atoms with van der Waals surface area (Å²) in [7, 11) is 0. The number of aromatic amines is 1. The molecule has 2 aromatic carbocycles. The van der Waals surface area contributed by atoms with E-state index >= 15 is 0 Å². The summed E-state index contributed by atoms with van der Waals surface area (Å²) in [6.07, 6.45) is 1.56. The molecule has 0 unspecified atom stereocenters. The minimum Gasteiger partial charge on any atom is -0.399 e. The Morgan fingerprint density at radius 2 is 1.58 bits per heavy atom. The maximum atomic E-state index is 5.83. The number of benzene rings is 2. The summed E-state index contributed by atoms with van der Waals surface area (Å²) in [5.74, 6) is 0.615. The number of imidazole rings is 1. The van der Waals surface area contributed by atoms with Gasteiger partial charge in [0, 0.05) is 11.4 Å². The van der Waals surface area contributed by atoms with Crippen LogP contribution >= 0.6 is 11.6 Å². The van der Waals surface area contributed by atoms with E-state index in [1.54, 1.807) is 6.33 Å². The van der Waals surface area contributed by atoms with Gasteiger partial charge in [-0.1, -0.05) is 36.4 Å². The van der Waals surface area contributed by atoms with Crippen LogP contribution in [0.1, 0.15) is 0 Å². The van der Waals surface area contributed by atoms with Crippen LogP contribution in [0, 0.1) is 0 Å². The zero-order valence-electron chi connectivity index (χ0n) is 12.6. The van der Waals surface area contributed by atoms with Crippen LogP contribution in [-0.2, 0) is 0 Å². The van der Waals surface area contributed by atoms with E-state index in [-0.39, 0.29) is 5.28 Å². The summed E-state index contributed by atoms with van der Waals surface area (Å²) < 4.78 is 0. The monoisotopic (exact) mass is 338 g/mol. The highest BCUT2D eigenvalue weighted by Crippen LogP contribution is 2.22. The highest BCUT2D eigenvalue weighted by Gasteiger charge is 2.08. The highest BCUT2D eigenvalue weighted by molar-refractivity contribution is 6.28. The lowest BCUT2D eigenvalue weighted by molar-refractivity contribution is 1.20. The molecule has 4 rings (SSSR count). The lowest BCUT2D eigenvalue weighted by atomic mass is 10.3. The van der Waals surface area contributed by atoms with Crippen LogP contribution in [0.3, 0.4) is 0 Å². The van der Waals surface area contributed by atoms with E-state index in [0.717, 1.165) is 16.9 Å². The number of nitrogen functional groups attached to an aromatic ring is 1. The number of nitrogens with zero attached hydrogens (tertiary/aromatic N) is 3. The van der Waals surface area contributed by atoms with Crippen molar-refractivity contribution in [1.29, 1.82) is 0 Å². The van der Waals surface area contributed by atoms with Gasteiger partial charge in [-0.2, -0.15) is 9.97 Å². The van der Waals surface area contributed by atoms with E-state index in [1.807, 2.05) is 60.7 Å². The van der Waals surface area contributed by atoms with Crippen LogP contribution in [0.25, 0.3) is 11.2 Å². The van der Waals surface area contributed by atoms with Crippen molar-refractivity contribution in [3.8, 4) is 0 Å². The van der Waals surface area contributed by atoms with E-state index in [2.05, 4.69) is 25.3 Å². The van der Waals surface area contributed by atoms with Crippen molar-refractivity contribution in [3.63, 3.8) is 0 Å². The quantitative estimate of drug-likeness (QED) is 0.379. The molecule has 0 aliphatic rings. The number of hydrogen-bond acceptors (Lipinski definition) is 5. The topological polar surface area (TPSA) is 92.5 Å². The first-order valence-electron chi connectivity index (χ1n) is 7.21. The molecule has 6 nitrogen and oxygen atoms in total. The standard InChI is InChI=1S/C11H8ClN5.C6H7N/c12-11-16-9-8(13-6-14-9)10(17-11)15-7-4-2-1-3-5-7;7-6-4-2-1-3-5-6/h1-6H,(H2,13,14,15,16,17);1-5H,7H2. The maximum absolute atomic E-state index is 5.83. The molecule has 0 fully saturated rings. The molecular weight excluding hydrogens is 324 g/mol. The first kappa shape index (κ1) is 15.8. The molecule has 0 atom stereocenters. The van der Waals surface area contributed by atoms with Gasteiger partial charge in [-0.3, -0.25) is 0 Å². The smallest absolute Gasteiger partial charge is 0.226 e. The number of halogens is 1. The molecule has 0 spiro atoms. The Bertz CT molecular complexity index is 908. The van der Waals surface area contributed by atoms with Crippen LogP contribution in [0.4, 0.5) is 17.2 Å². The number of rotatable bonds is 2. The molecule has 24 heavy (non-hydrogen) atoms. The van der Waals surface area contributed by atoms with Gasteiger partial charge < -0.3 is 16.0 Å². The molecule has 4 aromatic rings. The molecule has 0 saturated carbocycles. The fourth-order valence-corrected chi connectivity index (χ4v) is 2.17. The van der Waals surface area contributed by atoms with Crippen molar-refractivity contribution in [1.82, 2.24) is 19.9 Å². The number of nitrogens with one attached hydrogen (secondary N) is 2. The zero-order chi connectivity index (χ0) is 16.8. The van der Waals surface area contributed by atoms with Gasteiger partial charge in [-0.15, -0.1) is 0 Å². The molecule has 120 valence electrons. The van der Waals surface area contributed by atoms with Crippen molar-refractivity contribution in [3.05, 3.63) is 72.3 Å². The number of anilines is 3. The fraction of sp³-hybridized carbons (Fsp3) is 0. The van der Waals surface area contributed by atoms with Crippen molar-refractivity contribution < 1.29 is 0 Å². The molecule has 0 aliphatic heterocycles. The Morgan fingerprint density at radius 1 is 0.917 bits per heavy atom. The number of nitrogens with two attached hydrogens (primary N) is 1. The molecule has 0 radical (unpaired) electrons. The first-order valence-corrected chi connectivity index (χ1v) is 7.59. The highest BCUT2D eigenvalue weighted by atomic mass is 35.5. The number of hydrogen-bond donors (Lipinski definition) is 3. The predicted octanol–water partition coefficient (Wildman–Crippen LogP) is 4.02. The Labute approximate surface area is 143 Å². The second-order valence-corrected chi connectivity index (χ2v) is 5.18. The normalized spacial score (nSPS) is 10.0. The van der Waals surface area contributed by atoms with E-state index in [9.17, 15) is 0 Å². The lowest BCUT2D eigenvalue weighted by Crippen LogP contribution is -1.96. The molecule has 0 bridgehead atoms. The summed E-state index contributed by atoms with van der Waals surface area (Å²) >= 11 is 5.83. The maximum Gasteiger partial charge on any atom is 0.226 e. The minimum atomic E-state index is 0.169. The largest absolute Gasteiger partial charge is 0.399 e. The number of para-hydroxylation sites is 2. The van der Waals surface area contributed by atoms with Crippen LogP contribution in [0.5, 0.6) is 0 Å². The Kier molecular flexibility index (Phi) is 4.88. The van der Waals surface area contributed by atoms with E-state index < -0.39 is 0 Å². The molecule has 0 amide bonds. The number of fused-ring (bicyclic) bond motifs is 1. The Balaban J connectivity index is 0.000000203. The van der Waals surface area contributed by atoms with Gasteiger partial charge in [-0.05, 0) is 35.9 Å².